The van der Waals surface area contributed by atoms with Crippen LogP contribution in [-0.4, -0.2) is 29.0 Å². The highest BCUT2D eigenvalue weighted by molar-refractivity contribution is 9.10. The molecule has 5 heteroatoms. The van der Waals surface area contributed by atoms with Crippen molar-refractivity contribution in [2.75, 3.05) is 18.6 Å². The van der Waals surface area contributed by atoms with E-state index in [1.807, 2.05) is 30.0 Å². The minimum atomic E-state index is -0.00315. The normalized spacial score (nSPS) is 10.3. The van der Waals surface area contributed by atoms with E-state index in [1.54, 1.807) is 11.8 Å². The zero-order valence-electron chi connectivity index (χ0n) is 8.92. The quantitative estimate of drug-likeness (QED) is 0.845. The molecule has 1 rings (SSSR count). The van der Waals surface area contributed by atoms with Crippen molar-refractivity contribution < 1.29 is 4.79 Å². The third kappa shape index (κ3) is 3.57. The van der Waals surface area contributed by atoms with Crippen LogP contribution < -0.4 is 5.32 Å². The molecular weight excluding hydrogens is 276 g/mol. The predicted molar refractivity (Wildman–Crippen MR) is 68.5 cm³/mol. The minimum Gasteiger partial charge on any atom is -0.350 e. The van der Waals surface area contributed by atoms with Crippen LogP contribution in [0.5, 0.6) is 0 Å². The van der Waals surface area contributed by atoms with E-state index in [0.717, 1.165) is 16.8 Å². The number of carbonyl (C=O) groups excluding carboxylic acids is 1. The first kappa shape index (κ1) is 12.6. The number of aryl methyl sites for hydroxylation is 1. The van der Waals surface area contributed by atoms with Crippen LogP contribution in [0.15, 0.2) is 16.7 Å². The zero-order chi connectivity index (χ0) is 11.3. The summed E-state index contributed by atoms with van der Waals surface area (Å²) in [6, 6.07) is 1.85. The summed E-state index contributed by atoms with van der Waals surface area (Å²) in [5.41, 5.74) is 0.713. The maximum absolute atomic E-state index is 11.8. The van der Waals surface area contributed by atoms with Gasteiger partial charge >= 0.3 is 0 Å². The monoisotopic (exact) mass is 290 g/mol. The molecule has 15 heavy (non-hydrogen) atoms. The number of aromatic nitrogens is 1. The van der Waals surface area contributed by atoms with E-state index in [-0.39, 0.29) is 5.91 Å². The van der Waals surface area contributed by atoms with Gasteiger partial charge in [0, 0.05) is 29.5 Å². The predicted octanol–water partition coefficient (Wildman–Crippen LogP) is 2.36. The molecule has 1 aromatic heterocycles. The lowest BCUT2D eigenvalue weighted by atomic mass is 10.4. The molecule has 0 fully saturated rings. The third-order valence-electron chi connectivity index (χ3n) is 2.03. The fourth-order valence-corrected chi connectivity index (χ4v) is 2.05. The number of hydrogen-bond donors (Lipinski definition) is 1. The molecule has 0 aliphatic heterocycles. The molecule has 0 spiro atoms. The molecule has 1 heterocycles. The van der Waals surface area contributed by atoms with E-state index in [0.29, 0.717) is 12.2 Å². The Morgan fingerprint density at radius 1 is 1.67 bits per heavy atom. The first-order chi connectivity index (χ1) is 7.19. The van der Waals surface area contributed by atoms with Gasteiger partial charge in [-0.15, -0.1) is 0 Å². The molecular formula is C10H15BrN2OS. The fraction of sp³-hybridized carbons (Fsp3) is 0.500. The molecule has 1 N–H and O–H groups in total. The summed E-state index contributed by atoms with van der Waals surface area (Å²) in [6.07, 6.45) is 3.95. The molecule has 0 radical (unpaired) electrons. The van der Waals surface area contributed by atoms with E-state index in [2.05, 4.69) is 21.2 Å². The third-order valence-corrected chi connectivity index (χ3v) is 3.07. The van der Waals surface area contributed by atoms with Gasteiger partial charge in [0.25, 0.3) is 5.91 Å². The summed E-state index contributed by atoms with van der Waals surface area (Å²) in [4.78, 5) is 11.8. The van der Waals surface area contributed by atoms with Crippen LogP contribution >= 0.6 is 27.7 Å². The van der Waals surface area contributed by atoms with E-state index in [1.165, 1.54) is 0 Å². The Balaban J connectivity index is 2.64. The maximum atomic E-state index is 11.8. The van der Waals surface area contributed by atoms with Crippen molar-refractivity contribution in [3.63, 3.8) is 0 Å². The molecule has 84 valence electrons. The average molecular weight is 291 g/mol. The van der Waals surface area contributed by atoms with Crippen LogP contribution in [0.3, 0.4) is 0 Å². The van der Waals surface area contributed by atoms with Gasteiger partial charge in [-0.2, -0.15) is 11.8 Å². The molecule has 1 amide bonds. The number of carbonyl (C=O) groups is 1. The second kappa shape index (κ2) is 6.23. The Kier molecular flexibility index (Phi) is 5.25. The molecule has 0 aromatic carbocycles. The van der Waals surface area contributed by atoms with E-state index in [4.69, 9.17) is 0 Å². The highest BCUT2D eigenvalue weighted by Gasteiger charge is 2.10. The van der Waals surface area contributed by atoms with Crippen molar-refractivity contribution >= 4 is 33.6 Å². The summed E-state index contributed by atoms with van der Waals surface area (Å²) in [5.74, 6) is 0.941. The molecule has 0 aliphatic carbocycles. The van der Waals surface area contributed by atoms with Crippen molar-refractivity contribution in [1.29, 1.82) is 0 Å². The van der Waals surface area contributed by atoms with Gasteiger partial charge in [-0.05, 0) is 35.2 Å². The topological polar surface area (TPSA) is 34.0 Å². The van der Waals surface area contributed by atoms with Gasteiger partial charge in [0.05, 0.1) is 0 Å². The summed E-state index contributed by atoms with van der Waals surface area (Å²) in [7, 11) is 0. The first-order valence-electron chi connectivity index (χ1n) is 4.81. The van der Waals surface area contributed by atoms with Gasteiger partial charge in [0.1, 0.15) is 5.69 Å². The standard InChI is InChI=1S/C10H15BrN2OS/c1-3-13-7-8(11)6-9(13)10(14)12-4-5-15-2/h6-7H,3-5H2,1-2H3,(H,12,14). The van der Waals surface area contributed by atoms with Gasteiger partial charge in [0.2, 0.25) is 0 Å². The minimum absolute atomic E-state index is 0.00315. The lowest BCUT2D eigenvalue weighted by molar-refractivity contribution is 0.0947. The molecule has 1 aromatic rings. The molecule has 0 atom stereocenters. The van der Waals surface area contributed by atoms with Crippen LogP contribution in [0.1, 0.15) is 17.4 Å². The number of nitrogens with zero attached hydrogens (tertiary/aromatic N) is 1. The molecule has 0 saturated heterocycles. The number of hydrogen-bond acceptors (Lipinski definition) is 2. The average Bonchev–Trinajstić information content (AvgIpc) is 2.60. The molecule has 0 saturated carbocycles. The second-order valence-electron chi connectivity index (χ2n) is 3.08. The largest absolute Gasteiger partial charge is 0.350 e. The number of halogens is 1. The van der Waals surface area contributed by atoms with Crippen molar-refractivity contribution in [2.45, 2.75) is 13.5 Å². The number of rotatable bonds is 5. The van der Waals surface area contributed by atoms with Gasteiger partial charge in [-0.25, -0.2) is 0 Å². The van der Waals surface area contributed by atoms with Crippen LogP contribution in [0.25, 0.3) is 0 Å². The lowest BCUT2D eigenvalue weighted by Gasteiger charge is -2.06. The van der Waals surface area contributed by atoms with E-state index >= 15 is 0 Å². The van der Waals surface area contributed by atoms with Crippen LogP contribution in [0.4, 0.5) is 0 Å². The Bertz CT molecular complexity index is 338. The highest BCUT2D eigenvalue weighted by Crippen LogP contribution is 2.14. The fourth-order valence-electron chi connectivity index (χ4n) is 1.28. The lowest BCUT2D eigenvalue weighted by Crippen LogP contribution is -2.27. The summed E-state index contributed by atoms with van der Waals surface area (Å²) in [5, 5.41) is 2.89. The van der Waals surface area contributed by atoms with Gasteiger partial charge in [0.15, 0.2) is 0 Å². The number of amides is 1. The number of thioether (sulfide) groups is 1. The van der Waals surface area contributed by atoms with E-state index in [9.17, 15) is 4.79 Å². The summed E-state index contributed by atoms with van der Waals surface area (Å²) >= 11 is 5.09. The Morgan fingerprint density at radius 3 is 3.00 bits per heavy atom. The van der Waals surface area contributed by atoms with Crippen molar-refractivity contribution in [1.82, 2.24) is 9.88 Å². The van der Waals surface area contributed by atoms with Crippen molar-refractivity contribution in [3.05, 3.63) is 22.4 Å². The smallest absolute Gasteiger partial charge is 0.267 e. The van der Waals surface area contributed by atoms with Crippen molar-refractivity contribution in [3.8, 4) is 0 Å². The molecule has 3 nitrogen and oxygen atoms in total. The molecule has 0 bridgehead atoms. The van der Waals surface area contributed by atoms with Gasteiger partial charge in [-0.3, -0.25) is 4.79 Å². The van der Waals surface area contributed by atoms with Crippen LogP contribution in [0.2, 0.25) is 0 Å². The van der Waals surface area contributed by atoms with Crippen LogP contribution in [0, 0.1) is 0 Å². The Labute approximate surface area is 103 Å². The zero-order valence-corrected chi connectivity index (χ0v) is 11.3. The molecule has 0 aliphatic rings. The summed E-state index contributed by atoms with van der Waals surface area (Å²) in [6.45, 7) is 3.54. The molecule has 0 unspecified atom stereocenters. The second-order valence-corrected chi connectivity index (χ2v) is 4.98. The van der Waals surface area contributed by atoms with Crippen molar-refractivity contribution in [2.24, 2.45) is 0 Å². The van der Waals surface area contributed by atoms with Crippen LogP contribution in [-0.2, 0) is 6.54 Å². The van der Waals surface area contributed by atoms with Gasteiger partial charge < -0.3 is 9.88 Å². The maximum Gasteiger partial charge on any atom is 0.267 e. The SMILES string of the molecule is CCn1cc(Br)cc1C(=O)NCCSC. The highest BCUT2D eigenvalue weighted by atomic mass is 79.9. The Hall–Kier alpha value is -0.420. The summed E-state index contributed by atoms with van der Waals surface area (Å²) < 4.78 is 2.87. The first-order valence-corrected chi connectivity index (χ1v) is 7.00. The Morgan fingerprint density at radius 2 is 2.40 bits per heavy atom. The van der Waals surface area contributed by atoms with Gasteiger partial charge in [-0.1, -0.05) is 0 Å². The number of nitrogens with one attached hydrogen (secondary N) is 1. The van der Waals surface area contributed by atoms with E-state index < -0.39 is 0 Å².